The Bertz CT molecular complexity index is 831. The van der Waals surface area contributed by atoms with E-state index in [1.165, 1.54) is 12.1 Å². The van der Waals surface area contributed by atoms with Crippen LogP contribution in [0, 0.1) is 5.82 Å². The van der Waals surface area contributed by atoms with E-state index in [0.29, 0.717) is 31.7 Å². The second kappa shape index (κ2) is 8.10. The van der Waals surface area contributed by atoms with Gasteiger partial charge >= 0.3 is 0 Å². The molecule has 2 saturated heterocycles. The Morgan fingerprint density at radius 3 is 2.11 bits per heavy atom. The van der Waals surface area contributed by atoms with Crippen LogP contribution in [0.2, 0.25) is 0 Å². The van der Waals surface area contributed by atoms with Crippen molar-refractivity contribution >= 4 is 17.5 Å². The van der Waals surface area contributed by atoms with Gasteiger partial charge in [0.2, 0.25) is 0 Å². The van der Waals surface area contributed by atoms with Gasteiger partial charge in [0.15, 0.2) is 0 Å². The van der Waals surface area contributed by atoms with Crippen LogP contribution in [0.15, 0.2) is 36.7 Å². The maximum absolute atomic E-state index is 13.4. The number of anilines is 2. The highest BCUT2D eigenvalue weighted by atomic mass is 19.1. The Morgan fingerprint density at radius 1 is 0.893 bits per heavy atom. The lowest BCUT2D eigenvalue weighted by Crippen LogP contribution is -2.49. The molecule has 2 aromatic rings. The highest BCUT2D eigenvalue weighted by Crippen LogP contribution is 2.20. The zero-order chi connectivity index (χ0) is 19.5. The molecule has 148 valence electrons. The molecule has 0 saturated carbocycles. The monoisotopic (exact) mass is 384 g/mol. The summed E-state index contributed by atoms with van der Waals surface area (Å²) >= 11 is 0. The van der Waals surface area contributed by atoms with E-state index in [2.05, 4.69) is 31.7 Å². The lowest BCUT2D eigenvalue weighted by molar-refractivity contribution is 0.0746. The molecule has 7 nitrogen and oxygen atoms in total. The molecule has 2 fully saturated rings. The van der Waals surface area contributed by atoms with Crippen LogP contribution in [-0.2, 0) is 0 Å². The predicted molar refractivity (Wildman–Crippen MR) is 106 cm³/mol. The smallest absolute Gasteiger partial charge is 0.254 e. The van der Waals surface area contributed by atoms with Crippen LogP contribution in [0.4, 0.5) is 16.0 Å². The van der Waals surface area contributed by atoms with Crippen molar-refractivity contribution in [3.8, 4) is 0 Å². The van der Waals surface area contributed by atoms with E-state index < -0.39 is 0 Å². The van der Waals surface area contributed by atoms with Crippen LogP contribution < -0.4 is 9.80 Å². The number of aromatic nitrogens is 2. The molecule has 28 heavy (non-hydrogen) atoms. The van der Waals surface area contributed by atoms with Gasteiger partial charge in [-0.1, -0.05) is 6.07 Å². The molecule has 0 unspecified atom stereocenters. The van der Waals surface area contributed by atoms with Gasteiger partial charge in [-0.2, -0.15) is 0 Å². The molecule has 0 bridgehead atoms. The summed E-state index contributed by atoms with van der Waals surface area (Å²) in [4.78, 5) is 30.0. The minimum absolute atomic E-state index is 0.125. The SMILES string of the molecule is CN1CCN(c2cc(N3CCN(C(=O)c4cccc(F)c4)CC3)ncn2)CC1. The molecule has 1 aromatic heterocycles. The largest absolute Gasteiger partial charge is 0.354 e. The summed E-state index contributed by atoms with van der Waals surface area (Å²) in [6, 6.07) is 7.91. The Morgan fingerprint density at radius 2 is 1.50 bits per heavy atom. The lowest BCUT2D eigenvalue weighted by Gasteiger charge is -2.36. The summed E-state index contributed by atoms with van der Waals surface area (Å²) in [6.45, 7) is 6.54. The Kier molecular flexibility index (Phi) is 5.38. The fourth-order valence-corrected chi connectivity index (χ4v) is 3.66. The van der Waals surface area contributed by atoms with Crippen molar-refractivity contribution in [2.45, 2.75) is 0 Å². The molecule has 0 radical (unpaired) electrons. The van der Waals surface area contributed by atoms with Gasteiger partial charge < -0.3 is 19.6 Å². The maximum Gasteiger partial charge on any atom is 0.254 e. The molecule has 8 heteroatoms. The van der Waals surface area contributed by atoms with Crippen molar-refractivity contribution < 1.29 is 9.18 Å². The van der Waals surface area contributed by atoms with Crippen LogP contribution in [0.5, 0.6) is 0 Å². The summed E-state index contributed by atoms with van der Waals surface area (Å²) in [6.07, 6.45) is 1.62. The average Bonchev–Trinajstić information content (AvgIpc) is 2.74. The number of halogens is 1. The molecule has 3 heterocycles. The van der Waals surface area contributed by atoms with Crippen LogP contribution in [-0.4, -0.2) is 85.1 Å². The second-order valence-electron chi connectivity index (χ2n) is 7.31. The third kappa shape index (κ3) is 4.06. The quantitative estimate of drug-likeness (QED) is 0.796. The third-order valence-corrected chi connectivity index (χ3v) is 5.43. The van der Waals surface area contributed by atoms with E-state index in [9.17, 15) is 9.18 Å². The van der Waals surface area contributed by atoms with E-state index in [0.717, 1.165) is 37.8 Å². The lowest BCUT2D eigenvalue weighted by atomic mass is 10.1. The normalized spacial score (nSPS) is 18.4. The first kappa shape index (κ1) is 18.6. The van der Waals surface area contributed by atoms with Crippen LogP contribution in [0.25, 0.3) is 0 Å². The van der Waals surface area contributed by atoms with Crippen molar-refractivity contribution in [1.29, 1.82) is 0 Å². The van der Waals surface area contributed by atoms with E-state index in [1.54, 1.807) is 23.4 Å². The molecule has 0 aliphatic carbocycles. The molecular formula is C20H25FN6O. The fourth-order valence-electron chi connectivity index (χ4n) is 3.66. The number of carbonyl (C=O) groups excluding carboxylic acids is 1. The first-order valence-electron chi connectivity index (χ1n) is 9.65. The van der Waals surface area contributed by atoms with Gasteiger partial charge in [-0.3, -0.25) is 4.79 Å². The highest BCUT2D eigenvalue weighted by molar-refractivity contribution is 5.94. The van der Waals surface area contributed by atoms with Crippen LogP contribution in [0.3, 0.4) is 0 Å². The van der Waals surface area contributed by atoms with Crippen molar-refractivity contribution in [3.63, 3.8) is 0 Å². The van der Waals surface area contributed by atoms with E-state index in [-0.39, 0.29) is 11.7 Å². The Balaban J connectivity index is 1.38. The minimum Gasteiger partial charge on any atom is -0.354 e. The second-order valence-corrected chi connectivity index (χ2v) is 7.31. The molecule has 2 aliphatic rings. The van der Waals surface area contributed by atoms with Gasteiger partial charge in [0, 0.05) is 64.0 Å². The van der Waals surface area contributed by atoms with Gasteiger partial charge in [0.05, 0.1) is 0 Å². The summed E-state index contributed by atoms with van der Waals surface area (Å²) in [5.74, 6) is 1.33. The summed E-state index contributed by atoms with van der Waals surface area (Å²) in [5.41, 5.74) is 0.396. The van der Waals surface area contributed by atoms with Gasteiger partial charge in [0.25, 0.3) is 5.91 Å². The fraction of sp³-hybridized carbons (Fsp3) is 0.450. The molecule has 0 spiro atoms. The number of amides is 1. The van der Waals surface area contributed by atoms with Crippen molar-refractivity contribution in [1.82, 2.24) is 19.8 Å². The summed E-state index contributed by atoms with van der Waals surface area (Å²) in [5, 5.41) is 0. The Labute approximate surface area is 164 Å². The first-order valence-corrected chi connectivity index (χ1v) is 9.65. The van der Waals surface area contributed by atoms with Gasteiger partial charge in [-0.15, -0.1) is 0 Å². The number of carbonyl (C=O) groups is 1. The molecule has 0 N–H and O–H groups in total. The predicted octanol–water partition coefficient (Wildman–Crippen LogP) is 1.33. The topological polar surface area (TPSA) is 55.8 Å². The summed E-state index contributed by atoms with van der Waals surface area (Å²) < 4.78 is 13.4. The van der Waals surface area contributed by atoms with Crippen molar-refractivity contribution in [2.75, 3.05) is 69.2 Å². The number of nitrogens with zero attached hydrogens (tertiary/aromatic N) is 6. The first-order chi connectivity index (χ1) is 13.6. The Hall–Kier alpha value is -2.74. The number of hydrogen-bond donors (Lipinski definition) is 0. The molecule has 4 rings (SSSR count). The van der Waals surface area contributed by atoms with E-state index >= 15 is 0 Å². The van der Waals surface area contributed by atoms with Gasteiger partial charge in [-0.25, -0.2) is 14.4 Å². The van der Waals surface area contributed by atoms with Crippen LogP contribution in [0.1, 0.15) is 10.4 Å². The number of likely N-dealkylation sites (N-methyl/N-ethyl adjacent to an activating group) is 1. The van der Waals surface area contributed by atoms with Crippen molar-refractivity contribution in [3.05, 3.63) is 48.0 Å². The van der Waals surface area contributed by atoms with Gasteiger partial charge in [0.1, 0.15) is 23.8 Å². The van der Waals surface area contributed by atoms with Crippen molar-refractivity contribution in [2.24, 2.45) is 0 Å². The summed E-state index contributed by atoms with van der Waals surface area (Å²) in [7, 11) is 2.13. The zero-order valence-corrected chi connectivity index (χ0v) is 16.1. The number of piperazine rings is 2. The standard InChI is InChI=1S/C20H25FN6O/c1-24-5-7-25(8-6-24)18-14-19(23-15-22-18)26-9-11-27(12-10-26)20(28)16-3-2-4-17(21)13-16/h2-4,13-15H,5-12H2,1H3. The molecule has 1 aromatic carbocycles. The maximum atomic E-state index is 13.4. The highest BCUT2D eigenvalue weighted by Gasteiger charge is 2.24. The van der Waals surface area contributed by atoms with E-state index in [1.807, 2.05) is 6.07 Å². The average molecular weight is 384 g/mol. The minimum atomic E-state index is -0.387. The van der Waals surface area contributed by atoms with E-state index in [4.69, 9.17) is 0 Å². The number of rotatable bonds is 3. The molecular weight excluding hydrogens is 359 g/mol. The van der Waals surface area contributed by atoms with Gasteiger partial charge in [-0.05, 0) is 25.2 Å². The molecule has 2 aliphatic heterocycles. The molecule has 1 amide bonds. The zero-order valence-electron chi connectivity index (χ0n) is 16.1. The van der Waals surface area contributed by atoms with Crippen LogP contribution >= 0.6 is 0 Å². The third-order valence-electron chi connectivity index (χ3n) is 5.43. The number of hydrogen-bond acceptors (Lipinski definition) is 6. The number of benzene rings is 1. The molecule has 0 atom stereocenters.